The van der Waals surface area contributed by atoms with E-state index in [1.165, 1.54) is 11.1 Å². The fourth-order valence-electron chi connectivity index (χ4n) is 2.34. The highest BCUT2D eigenvalue weighted by Gasteiger charge is 2.13. The third kappa shape index (κ3) is 3.52. The number of aromatic nitrogens is 2. The Labute approximate surface area is 124 Å². The van der Waals surface area contributed by atoms with E-state index in [1.54, 1.807) is 0 Å². The fourth-order valence-corrected chi connectivity index (χ4v) is 2.34. The molecule has 0 aliphatic carbocycles. The van der Waals surface area contributed by atoms with E-state index in [0.29, 0.717) is 0 Å². The average molecular weight is 275 g/mol. The zero-order chi connectivity index (χ0) is 14.3. The van der Waals surface area contributed by atoms with Crippen LogP contribution >= 0.6 is 0 Å². The molecule has 3 nitrogen and oxygen atoms in total. The van der Waals surface area contributed by atoms with E-state index >= 15 is 0 Å². The number of rotatable bonds is 5. The third-order valence-electron chi connectivity index (χ3n) is 3.39. The highest BCUT2D eigenvalue weighted by atomic mass is 14.9. The Kier molecular flexibility index (Phi) is 4.34. The van der Waals surface area contributed by atoms with Gasteiger partial charge in [0.25, 0.3) is 0 Å². The van der Waals surface area contributed by atoms with Crippen LogP contribution in [0.1, 0.15) is 22.9 Å². The lowest BCUT2D eigenvalue weighted by atomic mass is 9.99. The van der Waals surface area contributed by atoms with Crippen molar-refractivity contribution in [2.75, 3.05) is 0 Å². The van der Waals surface area contributed by atoms with Crippen LogP contribution in [0.15, 0.2) is 79.3 Å². The second-order valence-corrected chi connectivity index (χ2v) is 4.83. The van der Waals surface area contributed by atoms with Crippen molar-refractivity contribution in [2.45, 2.75) is 12.6 Å². The van der Waals surface area contributed by atoms with Crippen LogP contribution in [0.3, 0.4) is 0 Å². The first-order valence-corrected chi connectivity index (χ1v) is 7.01. The molecular formula is C18H17N3. The predicted molar refractivity (Wildman–Crippen MR) is 83.6 cm³/mol. The molecule has 1 unspecified atom stereocenters. The quantitative estimate of drug-likeness (QED) is 0.776. The predicted octanol–water partition coefficient (Wildman–Crippen LogP) is 3.36. The van der Waals surface area contributed by atoms with Crippen molar-refractivity contribution < 1.29 is 0 Å². The van der Waals surface area contributed by atoms with Crippen LogP contribution in [0.5, 0.6) is 0 Å². The summed E-state index contributed by atoms with van der Waals surface area (Å²) in [4.78, 5) is 8.46. The standard InChI is InChI=1S/C18H17N3/c1-2-6-15(7-3-1)18(16-9-12-19-13-10-16)21-14-17-8-4-5-11-20-17/h1-13,18,21H,14H2. The zero-order valence-electron chi connectivity index (χ0n) is 11.7. The lowest BCUT2D eigenvalue weighted by Crippen LogP contribution is -2.22. The zero-order valence-corrected chi connectivity index (χ0v) is 11.7. The molecule has 0 saturated carbocycles. The van der Waals surface area contributed by atoms with Gasteiger partial charge in [-0.25, -0.2) is 0 Å². The molecule has 3 heteroatoms. The molecule has 104 valence electrons. The average Bonchev–Trinajstić information content (AvgIpc) is 2.58. The van der Waals surface area contributed by atoms with Crippen LogP contribution in [0, 0.1) is 0 Å². The topological polar surface area (TPSA) is 37.8 Å². The molecule has 0 aliphatic rings. The Bertz CT molecular complexity index is 614. The Hall–Kier alpha value is -2.52. The maximum Gasteiger partial charge on any atom is 0.0580 e. The molecule has 0 spiro atoms. The lowest BCUT2D eigenvalue weighted by molar-refractivity contribution is 0.596. The number of hydrogen-bond acceptors (Lipinski definition) is 3. The number of nitrogens with zero attached hydrogens (tertiary/aromatic N) is 2. The highest BCUT2D eigenvalue weighted by Crippen LogP contribution is 2.21. The minimum absolute atomic E-state index is 0.135. The van der Waals surface area contributed by atoms with E-state index in [1.807, 2.05) is 55.0 Å². The SMILES string of the molecule is c1ccc(C(NCc2ccccn2)c2ccncc2)cc1. The lowest BCUT2D eigenvalue weighted by Gasteiger charge is -2.19. The van der Waals surface area contributed by atoms with Crippen molar-refractivity contribution in [2.24, 2.45) is 0 Å². The number of nitrogens with one attached hydrogen (secondary N) is 1. The Morgan fingerprint density at radius 3 is 2.19 bits per heavy atom. The largest absolute Gasteiger partial charge is 0.301 e. The van der Waals surface area contributed by atoms with Gasteiger partial charge in [-0.1, -0.05) is 36.4 Å². The maximum atomic E-state index is 4.36. The summed E-state index contributed by atoms with van der Waals surface area (Å²) in [7, 11) is 0. The second-order valence-electron chi connectivity index (χ2n) is 4.83. The van der Waals surface area contributed by atoms with E-state index in [0.717, 1.165) is 12.2 Å². The molecule has 1 N–H and O–H groups in total. The van der Waals surface area contributed by atoms with Crippen LogP contribution in [-0.2, 0) is 6.54 Å². The van der Waals surface area contributed by atoms with Gasteiger partial charge in [-0.2, -0.15) is 0 Å². The van der Waals surface area contributed by atoms with Gasteiger partial charge in [-0.3, -0.25) is 9.97 Å². The van der Waals surface area contributed by atoms with Crippen molar-refractivity contribution in [3.63, 3.8) is 0 Å². The minimum Gasteiger partial charge on any atom is -0.301 e. The van der Waals surface area contributed by atoms with Crippen LogP contribution < -0.4 is 5.32 Å². The van der Waals surface area contributed by atoms with E-state index in [2.05, 4.69) is 39.6 Å². The summed E-state index contributed by atoms with van der Waals surface area (Å²) < 4.78 is 0. The fraction of sp³-hybridized carbons (Fsp3) is 0.111. The number of benzene rings is 1. The van der Waals surface area contributed by atoms with Crippen molar-refractivity contribution in [1.82, 2.24) is 15.3 Å². The van der Waals surface area contributed by atoms with Gasteiger partial charge < -0.3 is 5.32 Å². The normalized spacial score (nSPS) is 12.0. The highest BCUT2D eigenvalue weighted by molar-refractivity contribution is 5.30. The first-order valence-electron chi connectivity index (χ1n) is 7.01. The Balaban J connectivity index is 1.83. The second kappa shape index (κ2) is 6.77. The van der Waals surface area contributed by atoms with Crippen molar-refractivity contribution in [1.29, 1.82) is 0 Å². The van der Waals surface area contributed by atoms with Crippen LogP contribution in [0.25, 0.3) is 0 Å². The summed E-state index contributed by atoms with van der Waals surface area (Å²) in [5, 5.41) is 3.58. The molecular weight excluding hydrogens is 258 g/mol. The molecule has 3 aromatic rings. The van der Waals surface area contributed by atoms with Gasteiger partial charge in [0, 0.05) is 25.1 Å². The third-order valence-corrected chi connectivity index (χ3v) is 3.39. The molecule has 0 fully saturated rings. The summed E-state index contributed by atoms with van der Waals surface area (Å²) in [6, 6.07) is 20.6. The molecule has 0 radical (unpaired) electrons. The minimum atomic E-state index is 0.135. The van der Waals surface area contributed by atoms with E-state index in [4.69, 9.17) is 0 Å². The van der Waals surface area contributed by atoms with Crippen molar-refractivity contribution in [3.05, 3.63) is 96.1 Å². The summed E-state index contributed by atoms with van der Waals surface area (Å²) >= 11 is 0. The molecule has 2 heterocycles. The summed E-state index contributed by atoms with van der Waals surface area (Å²) in [6.07, 6.45) is 5.47. The first kappa shape index (κ1) is 13.5. The van der Waals surface area contributed by atoms with E-state index in [9.17, 15) is 0 Å². The van der Waals surface area contributed by atoms with Gasteiger partial charge >= 0.3 is 0 Å². The van der Waals surface area contributed by atoms with Gasteiger partial charge in [0.1, 0.15) is 0 Å². The Morgan fingerprint density at radius 1 is 0.762 bits per heavy atom. The van der Waals surface area contributed by atoms with E-state index < -0.39 is 0 Å². The molecule has 2 aromatic heterocycles. The van der Waals surface area contributed by atoms with Crippen LogP contribution in [0.2, 0.25) is 0 Å². The maximum absolute atomic E-state index is 4.36. The Morgan fingerprint density at radius 2 is 1.48 bits per heavy atom. The van der Waals surface area contributed by atoms with Crippen LogP contribution in [0.4, 0.5) is 0 Å². The summed E-state index contributed by atoms with van der Waals surface area (Å²) in [6.45, 7) is 0.725. The first-order chi connectivity index (χ1) is 10.4. The number of hydrogen-bond donors (Lipinski definition) is 1. The molecule has 0 saturated heterocycles. The summed E-state index contributed by atoms with van der Waals surface area (Å²) in [5.41, 5.74) is 3.47. The van der Waals surface area contributed by atoms with Gasteiger partial charge in [0.15, 0.2) is 0 Å². The summed E-state index contributed by atoms with van der Waals surface area (Å²) in [5.74, 6) is 0. The number of pyridine rings is 2. The van der Waals surface area contributed by atoms with Crippen molar-refractivity contribution in [3.8, 4) is 0 Å². The molecule has 1 atom stereocenters. The molecule has 3 rings (SSSR count). The van der Waals surface area contributed by atoms with Crippen molar-refractivity contribution >= 4 is 0 Å². The monoisotopic (exact) mass is 275 g/mol. The van der Waals surface area contributed by atoms with Gasteiger partial charge in [-0.15, -0.1) is 0 Å². The molecule has 0 bridgehead atoms. The molecule has 0 aliphatic heterocycles. The van der Waals surface area contributed by atoms with Gasteiger partial charge in [0.2, 0.25) is 0 Å². The molecule has 21 heavy (non-hydrogen) atoms. The smallest absolute Gasteiger partial charge is 0.0580 e. The van der Waals surface area contributed by atoms with Crippen LogP contribution in [-0.4, -0.2) is 9.97 Å². The molecule has 0 amide bonds. The molecule has 1 aromatic carbocycles. The van der Waals surface area contributed by atoms with Gasteiger partial charge in [-0.05, 0) is 35.4 Å². The van der Waals surface area contributed by atoms with E-state index in [-0.39, 0.29) is 6.04 Å². The van der Waals surface area contributed by atoms with Gasteiger partial charge in [0.05, 0.1) is 11.7 Å².